The lowest BCUT2D eigenvalue weighted by Gasteiger charge is -2.14. The third kappa shape index (κ3) is 8.70. The number of aryl methyl sites for hydroxylation is 2. The molecule has 0 saturated carbocycles. The molecule has 4 amide bonds. The zero-order valence-electron chi connectivity index (χ0n) is 33.0. The number of aromatic nitrogens is 5. The molecule has 5 aromatic rings. The van der Waals surface area contributed by atoms with Crippen LogP contribution in [0.2, 0.25) is 5.02 Å². The van der Waals surface area contributed by atoms with E-state index >= 15 is 0 Å². The fourth-order valence-corrected chi connectivity index (χ4v) is 9.14. The van der Waals surface area contributed by atoms with Gasteiger partial charge in [-0.1, -0.05) is 61.5 Å². The quantitative estimate of drug-likeness (QED) is 0.0865. The largest absolute Gasteiger partial charge is 0.356 e. The maximum absolute atomic E-state index is 13.5. The number of thiophene rings is 1. The molecule has 2 aliphatic heterocycles. The lowest BCUT2D eigenvalue weighted by Crippen LogP contribution is -2.39. The van der Waals surface area contributed by atoms with Crippen LogP contribution in [-0.2, 0) is 25.7 Å². The second-order valence-electron chi connectivity index (χ2n) is 15.0. The summed E-state index contributed by atoms with van der Waals surface area (Å²) in [6.45, 7) is 7.00. The molecule has 0 radical (unpaired) electrons. The molecule has 14 nitrogen and oxygen atoms in total. The summed E-state index contributed by atoms with van der Waals surface area (Å²) >= 11 is 7.90. The lowest BCUT2D eigenvalue weighted by molar-refractivity contribution is -0.131. The maximum atomic E-state index is 13.5. The van der Waals surface area contributed by atoms with E-state index in [0.717, 1.165) is 71.8 Å². The molecule has 16 heteroatoms. The molecule has 0 spiro atoms. The number of halogens is 1. The molecule has 2 aliphatic rings. The van der Waals surface area contributed by atoms with Crippen LogP contribution in [0.1, 0.15) is 110 Å². The summed E-state index contributed by atoms with van der Waals surface area (Å²) in [6, 6.07) is 13.4. The Bertz CT molecular complexity index is 2440. The molecule has 1 saturated heterocycles. The standard InChI is InChI=1S/C42H48ClN9O5S/c1-25-26(2)58-41-37(25)38(28-17-19-29(43)20-18-28)46-30(39-49-48-27(3)51(39)41)23-35(54)44-21-10-6-4-5-7-11-22-45-36(55)24-50-31-13-8-9-14-32(31)52(42(50)57)33-15-12-16-34(53)47-40(33)56/h8-9,13-14,17-20,30,33H,4-7,10-12,15-16,21-24H2,1-3H3,(H,44,54)(H,45,55)(H,47,53,56)/t30-,33?/m0/s1. The SMILES string of the molecule is Cc1sc2c(c1C)C(c1ccc(Cl)cc1)=N[C@@H](CC(=O)NCCCCCCCCNC(=O)Cn1c(=O)n(C3CCCC(=O)NC3=O)c3ccccc31)c1nnc(C)n1-2. The predicted octanol–water partition coefficient (Wildman–Crippen LogP) is 5.95. The molecule has 5 heterocycles. The molecular formula is C42H48ClN9O5S. The number of benzene rings is 2. The number of rotatable bonds is 15. The number of nitrogens with zero attached hydrogens (tertiary/aromatic N) is 6. The molecular weight excluding hydrogens is 778 g/mol. The highest BCUT2D eigenvalue weighted by atomic mass is 35.5. The Morgan fingerprint density at radius 1 is 0.879 bits per heavy atom. The third-order valence-electron chi connectivity index (χ3n) is 10.9. The number of aliphatic imine (C=N–C) groups is 1. The molecule has 7 rings (SSSR count). The summed E-state index contributed by atoms with van der Waals surface area (Å²) < 4.78 is 4.84. The zero-order chi connectivity index (χ0) is 40.9. The Kier molecular flexibility index (Phi) is 12.7. The van der Waals surface area contributed by atoms with Gasteiger partial charge in [0.15, 0.2) is 5.82 Å². The summed E-state index contributed by atoms with van der Waals surface area (Å²) in [6.07, 6.45) is 6.74. The number of para-hydroxylation sites is 2. The zero-order valence-corrected chi connectivity index (χ0v) is 34.5. The Hall–Kier alpha value is -5.41. The molecule has 3 N–H and O–H groups in total. The number of amides is 4. The monoisotopic (exact) mass is 825 g/mol. The van der Waals surface area contributed by atoms with Crippen LogP contribution in [-0.4, -0.2) is 66.3 Å². The molecule has 2 atom stereocenters. The Morgan fingerprint density at radius 2 is 1.55 bits per heavy atom. The number of unbranched alkanes of at least 4 members (excludes halogenated alkanes) is 5. The number of nitrogens with one attached hydrogen (secondary N) is 3. The van der Waals surface area contributed by atoms with Gasteiger partial charge in [-0.05, 0) is 76.3 Å². The summed E-state index contributed by atoms with van der Waals surface area (Å²) in [5.41, 5.74) is 4.57. The van der Waals surface area contributed by atoms with Crippen LogP contribution >= 0.6 is 22.9 Å². The fraction of sp³-hybridized carbons (Fsp3) is 0.429. The van der Waals surface area contributed by atoms with Crippen LogP contribution in [0.3, 0.4) is 0 Å². The van der Waals surface area contributed by atoms with Crippen LogP contribution in [0.25, 0.3) is 16.0 Å². The maximum Gasteiger partial charge on any atom is 0.330 e. The molecule has 3 aromatic heterocycles. The Labute approximate surface area is 345 Å². The summed E-state index contributed by atoms with van der Waals surface area (Å²) in [5, 5.41) is 18.9. The van der Waals surface area contributed by atoms with Gasteiger partial charge in [0.25, 0.3) is 0 Å². The summed E-state index contributed by atoms with van der Waals surface area (Å²) in [4.78, 5) is 70.8. The number of carbonyl (C=O) groups excluding carboxylic acids is 4. The van der Waals surface area contributed by atoms with Crippen LogP contribution in [0, 0.1) is 20.8 Å². The van der Waals surface area contributed by atoms with Crippen molar-refractivity contribution in [3.05, 3.63) is 97.3 Å². The summed E-state index contributed by atoms with van der Waals surface area (Å²) in [7, 11) is 0. The number of imidazole rings is 1. The van der Waals surface area contributed by atoms with Gasteiger partial charge in [0.2, 0.25) is 23.6 Å². The van der Waals surface area contributed by atoms with E-state index in [4.69, 9.17) is 16.6 Å². The minimum atomic E-state index is -0.821. The normalized spacial score (nSPS) is 16.6. The van der Waals surface area contributed by atoms with Crippen molar-refractivity contribution in [2.45, 2.75) is 104 Å². The minimum absolute atomic E-state index is 0.0939. The Morgan fingerprint density at radius 3 is 2.28 bits per heavy atom. The number of hydrogen-bond donors (Lipinski definition) is 3. The van der Waals surface area contributed by atoms with Crippen molar-refractivity contribution in [3.8, 4) is 5.00 Å². The van der Waals surface area contributed by atoms with Gasteiger partial charge < -0.3 is 10.6 Å². The van der Waals surface area contributed by atoms with Crippen molar-refractivity contribution in [3.63, 3.8) is 0 Å². The van der Waals surface area contributed by atoms with E-state index in [1.54, 1.807) is 35.6 Å². The van der Waals surface area contributed by atoms with E-state index < -0.39 is 23.7 Å². The van der Waals surface area contributed by atoms with Gasteiger partial charge in [0, 0.05) is 40.5 Å². The molecule has 0 aliphatic carbocycles. The van der Waals surface area contributed by atoms with Gasteiger partial charge >= 0.3 is 5.69 Å². The molecule has 0 bridgehead atoms. The molecule has 304 valence electrons. The van der Waals surface area contributed by atoms with E-state index in [2.05, 4.69) is 40.0 Å². The average molecular weight is 826 g/mol. The highest BCUT2D eigenvalue weighted by Crippen LogP contribution is 2.39. The second kappa shape index (κ2) is 18.0. The van der Waals surface area contributed by atoms with Crippen LogP contribution in [0.4, 0.5) is 0 Å². The van der Waals surface area contributed by atoms with Gasteiger partial charge in [-0.2, -0.15) is 0 Å². The van der Waals surface area contributed by atoms with Crippen molar-refractivity contribution in [2.24, 2.45) is 4.99 Å². The van der Waals surface area contributed by atoms with Crippen LogP contribution in [0.5, 0.6) is 0 Å². The highest BCUT2D eigenvalue weighted by Gasteiger charge is 2.33. The van der Waals surface area contributed by atoms with Gasteiger partial charge in [0.05, 0.1) is 23.2 Å². The second-order valence-corrected chi connectivity index (χ2v) is 16.6. The van der Waals surface area contributed by atoms with E-state index in [1.807, 2.05) is 35.8 Å². The van der Waals surface area contributed by atoms with E-state index in [0.29, 0.717) is 47.8 Å². The first kappa shape index (κ1) is 40.8. The van der Waals surface area contributed by atoms with Gasteiger partial charge in [-0.25, -0.2) is 4.79 Å². The summed E-state index contributed by atoms with van der Waals surface area (Å²) in [5.74, 6) is 0.171. The van der Waals surface area contributed by atoms with Gasteiger partial charge in [0.1, 0.15) is 29.5 Å². The number of hydrogen-bond acceptors (Lipinski definition) is 9. The van der Waals surface area contributed by atoms with Crippen molar-refractivity contribution < 1.29 is 19.2 Å². The van der Waals surface area contributed by atoms with Gasteiger partial charge in [-0.15, -0.1) is 21.5 Å². The predicted molar refractivity (Wildman–Crippen MR) is 224 cm³/mol. The molecule has 1 unspecified atom stereocenters. The average Bonchev–Trinajstić information content (AvgIpc) is 3.73. The number of fused-ring (bicyclic) bond motifs is 4. The first-order valence-corrected chi connectivity index (χ1v) is 21.1. The first-order chi connectivity index (χ1) is 28.0. The van der Waals surface area contributed by atoms with Gasteiger partial charge in [-0.3, -0.25) is 43.2 Å². The van der Waals surface area contributed by atoms with E-state index in [9.17, 15) is 24.0 Å². The Balaban J connectivity index is 0.850. The lowest BCUT2D eigenvalue weighted by atomic mass is 9.99. The van der Waals surface area contributed by atoms with Crippen molar-refractivity contribution in [1.82, 2.24) is 39.8 Å². The number of carbonyl (C=O) groups is 4. The third-order valence-corrected chi connectivity index (χ3v) is 12.4. The fourth-order valence-electron chi connectivity index (χ4n) is 7.80. The molecule has 2 aromatic carbocycles. The van der Waals surface area contributed by atoms with E-state index in [1.165, 1.54) is 14.0 Å². The highest BCUT2D eigenvalue weighted by molar-refractivity contribution is 7.15. The molecule has 58 heavy (non-hydrogen) atoms. The van der Waals surface area contributed by atoms with E-state index in [-0.39, 0.29) is 37.1 Å². The topological polar surface area (TPSA) is 174 Å². The van der Waals surface area contributed by atoms with Crippen molar-refractivity contribution in [2.75, 3.05) is 13.1 Å². The first-order valence-electron chi connectivity index (χ1n) is 19.9. The van der Waals surface area contributed by atoms with Crippen molar-refractivity contribution in [1.29, 1.82) is 0 Å². The minimum Gasteiger partial charge on any atom is -0.356 e. The van der Waals surface area contributed by atoms with Crippen molar-refractivity contribution >= 4 is 63.3 Å². The molecule has 1 fully saturated rings. The van der Waals surface area contributed by atoms with Crippen LogP contribution in [0.15, 0.2) is 58.3 Å². The number of imide groups is 1. The smallest absolute Gasteiger partial charge is 0.330 e. The van der Waals surface area contributed by atoms with Crippen LogP contribution < -0.4 is 21.6 Å².